The van der Waals surface area contributed by atoms with Crippen molar-refractivity contribution in [1.29, 1.82) is 0 Å². The number of fused-ring (bicyclic) bond motifs is 1. The highest BCUT2D eigenvalue weighted by atomic mass is 16.3. The Hall–Kier alpha value is -1.75. The summed E-state index contributed by atoms with van der Waals surface area (Å²) in [6.07, 6.45) is 0. The molecule has 5 heteroatoms. The highest BCUT2D eigenvalue weighted by Gasteiger charge is 2.17. The summed E-state index contributed by atoms with van der Waals surface area (Å²) in [5.74, 6) is 0.639. The van der Waals surface area contributed by atoms with Crippen LogP contribution in [0.5, 0.6) is 0 Å². The van der Waals surface area contributed by atoms with Gasteiger partial charge in [0.2, 0.25) is 5.95 Å². The summed E-state index contributed by atoms with van der Waals surface area (Å²) in [4.78, 5) is 7.47. The normalized spacial score (nSPS) is 11.9. The Labute approximate surface area is 93.7 Å². The van der Waals surface area contributed by atoms with E-state index < -0.39 is 5.54 Å². The molecule has 1 aromatic heterocycles. The molecule has 1 aromatic carbocycles. The zero-order chi connectivity index (χ0) is 11.8. The van der Waals surface area contributed by atoms with Gasteiger partial charge >= 0.3 is 0 Å². The molecule has 0 aliphatic heterocycles. The molecule has 5 N–H and O–H groups in total. The van der Waals surface area contributed by atoms with Crippen LogP contribution in [0.15, 0.2) is 18.2 Å². The molecule has 0 fully saturated rings. The van der Waals surface area contributed by atoms with Gasteiger partial charge in [-0.1, -0.05) is 0 Å². The number of hydrogen-bond acceptors (Lipinski definition) is 4. The molecule has 0 aliphatic rings. The van der Waals surface area contributed by atoms with Gasteiger partial charge in [-0.2, -0.15) is 0 Å². The first-order chi connectivity index (χ1) is 7.50. The van der Waals surface area contributed by atoms with Crippen molar-refractivity contribution in [3.05, 3.63) is 18.2 Å². The molecule has 1 heterocycles. The van der Waals surface area contributed by atoms with E-state index in [1.807, 2.05) is 32.0 Å². The SMILES string of the molecule is CC(C)(CO)Nc1nc2ccc(N)cc2[nH]1. The number of hydrogen-bond donors (Lipinski definition) is 4. The number of imidazole rings is 1. The Bertz CT molecular complexity index is 504. The second-order valence-corrected chi connectivity index (χ2v) is 4.53. The largest absolute Gasteiger partial charge is 0.399 e. The third-order valence-corrected chi connectivity index (χ3v) is 2.36. The number of nitrogen functional groups attached to an aromatic ring is 1. The van der Waals surface area contributed by atoms with Crippen molar-refractivity contribution in [2.24, 2.45) is 0 Å². The minimum atomic E-state index is -0.403. The van der Waals surface area contributed by atoms with Crippen molar-refractivity contribution in [2.75, 3.05) is 17.7 Å². The number of H-pyrrole nitrogens is 1. The molecule has 0 saturated carbocycles. The number of aromatic nitrogens is 2. The number of nitrogens with two attached hydrogens (primary N) is 1. The molecule has 0 saturated heterocycles. The smallest absolute Gasteiger partial charge is 0.201 e. The van der Waals surface area contributed by atoms with Crippen LogP contribution in [0.25, 0.3) is 11.0 Å². The summed E-state index contributed by atoms with van der Waals surface area (Å²) in [7, 11) is 0. The number of anilines is 2. The Balaban J connectivity index is 2.33. The zero-order valence-corrected chi connectivity index (χ0v) is 9.41. The molecule has 0 aliphatic carbocycles. The molecule has 0 radical (unpaired) electrons. The van der Waals surface area contributed by atoms with Crippen molar-refractivity contribution in [3.8, 4) is 0 Å². The molecule has 86 valence electrons. The number of benzene rings is 1. The van der Waals surface area contributed by atoms with E-state index >= 15 is 0 Å². The predicted octanol–water partition coefficient (Wildman–Crippen LogP) is 1.33. The van der Waals surface area contributed by atoms with Crippen LogP contribution < -0.4 is 11.1 Å². The lowest BCUT2D eigenvalue weighted by Crippen LogP contribution is -2.35. The fourth-order valence-electron chi connectivity index (χ4n) is 1.45. The molecule has 0 amide bonds. The third kappa shape index (κ3) is 2.09. The van der Waals surface area contributed by atoms with E-state index in [-0.39, 0.29) is 6.61 Å². The van der Waals surface area contributed by atoms with Gasteiger partial charge in [-0.3, -0.25) is 0 Å². The minimum absolute atomic E-state index is 0.0339. The van der Waals surface area contributed by atoms with Crippen molar-refractivity contribution >= 4 is 22.7 Å². The molecular formula is C11H16N4O. The average Bonchev–Trinajstić information content (AvgIpc) is 2.58. The van der Waals surface area contributed by atoms with E-state index in [1.165, 1.54) is 0 Å². The van der Waals surface area contributed by atoms with Crippen LogP contribution in [-0.2, 0) is 0 Å². The monoisotopic (exact) mass is 220 g/mol. The molecule has 0 spiro atoms. The number of nitrogens with zero attached hydrogens (tertiary/aromatic N) is 1. The molecule has 0 atom stereocenters. The van der Waals surface area contributed by atoms with Gasteiger partial charge in [-0.05, 0) is 32.0 Å². The van der Waals surface area contributed by atoms with Crippen LogP contribution in [-0.4, -0.2) is 27.2 Å². The fraction of sp³-hybridized carbons (Fsp3) is 0.364. The molecule has 16 heavy (non-hydrogen) atoms. The van der Waals surface area contributed by atoms with E-state index in [2.05, 4.69) is 15.3 Å². The van der Waals surface area contributed by atoms with Crippen LogP contribution in [0.3, 0.4) is 0 Å². The van der Waals surface area contributed by atoms with E-state index in [0.717, 1.165) is 11.0 Å². The molecule has 5 nitrogen and oxygen atoms in total. The lowest BCUT2D eigenvalue weighted by Gasteiger charge is -2.22. The van der Waals surface area contributed by atoms with Crippen LogP contribution >= 0.6 is 0 Å². The molecular weight excluding hydrogens is 204 g/mol. The first kappa shape index (κ1) is 10.8. The first-order valence-electron chi connectivity index (χ1n) is 5.14. The van der Waals surface area contributed by atoms with E-state index in [0.29, 0.717) is 11.6 Å². The number of aromatic amines is 1. The second-order valence-electron chi connectivity index (χ2n) is 4.53. The Morgan fingerprint density at radius 3 is 2.94 bits per heavy atom. The number of aliphatic hydroxyl groups is 1. The summed E-state index contributed by atoms with van der Waals surface area (Å²) in [5, 5.41) is 12.3. The number of aliphatic hydroxyl groups excluding tert-OH is 1. The van der Waals surface area contributed by atoms with Gasteiger partial charge < -0.3 is 21.1 Å². The maximum Gasteiger partial charge on any atom is 0.201 e. The minimum Gasteiger partial charge on any atom is -0.399 e. The second kappa shape index (κ2) is 3.68. The standard InChI is InChI=1S/C11H16N4O/c1-11(2,6-16)15-10-13-8-4-3-7(12)5-9(8)14-10/h3-5,16H,6,12H2,1-2H3,(H2,13,14,15). The Morgan fingerprint density at radius 2 is 2.25 bits per heavy atom. The van der Waals surface area contributed by atoms with E-state index in [4.69, 9.17) is 10.8 Å². The maximum atomic E-state index is 9.15. The average molecular weight is 220 g/mol. The van der Waals surface area contributed by atoms with Gasteiger partial charge in [-0.25, -0.2) is 4.98 Å². The summed E-state index contributed by atoms with van der Waals surface area (Å²) >= 11 is 0. The Kier molecular flexibility index (Phi) is 2.47. The number of nitrogens with one attached hydrogen (secondary N) is 2. The van der Waals surface area contributed by atoms with Crippen molar-refractivity contribution in [2.45, 2.75) is 19.4 Å². The van der Waals surface area contributed by atoms with Gasteiger partial charge in [0.15, 0.2) is 0 Å². The van der Waals surface area contributed by atoms with Gasteiger partial charge in [0, 0.05) is 5.69 Å². The summed E-state index contributed by atoms with van der Waals surface area (Å²) in [6, 6.07) is 5.50. The van der Waals surface area contributed by atoms with Crippen molar-refractivity contribution in [3.63, 3.8) is 0 Å². The topological polar surface area (TPSA) is 87.0 Å². The molecule has 2 rings (SSSR count). The highest BCUT2D eigenvalue weighted by molar-refractivity contribution is 5.80. The van der Waals surface area contributed by atoms with Gasteiger partial charge in [-0.15, -0.1) is 0 Å². The quantitative estimate of drug-likeness (QED) is 0.588. The van der Waals surface area contributed by atoms with Crippen LogP contribution in [0.2, 0.25) is 0 Å². The van der Waals surface area contributed by atoms with Crippen LogP contribution in [0.1, 0.15) is 13.8 Å². The first-order valence-corrected chi connectivity index (χ1v) is 5.14. The van der Waals surface area contributed by atoms with Crippen molar-refractivity contribution in [1.82, 2.24) is 9.97 Å². The number of rotatable bonds is 3. The van der Waals surface area contributed by atoms with E-state index in [9.17, 15) is 0 Å². The lowest BCUT2D eigenvalue weighted by atomic mass is 10.1. The van der Waals surface area contributed by atoms with Gasteiger partial charge in [0.1, 0.15) is 0 Å². The van der Waals surface area contributed by atoms with Crippen LogP contribution in [0, 0.1) is 0 Å². The summed E-state index contributed by atoms with van der Waals surface area (Å²) < 4.78 is 0. The van der Waals surface area contributed by atoms with Crippen molar-refractivity contribution < 1.29 is 5.11 Å². The zero-order valence-electron chi connectivity index (χ0n) is 9.41. The Morgan fingerprint density at radius 1 is 1.50 bits per heavy atom. The van der Waals surface area contributed by atoms with Gasteiger partial charge in [0.25, 0.3) is 0 Å². The highest BCUT2D eigenvalue weighted by Crippen LogP contribution is 2.19. The predicted molar refractivity (Wildman–Crippen MR) is 65.3 cm³/mol. The fourth-order valence-corrected chi connectivity index (χ4v) is 1.45. The van der Waals surface area contributed by atoms with Gasteiger partial charge in [0.05, 0.1) is 23.2 Å². The lowest BCUT2D eigenvalue weighted by molar-refractivity contribution is 0.233. The van der Waals surface area contributed by atoms with Crippen LogP contribution in [0.4, 0.5) is 11.6 Å². The van der Waals surface area contributed by atoms with E-state index in [1.54, 1.807) is 0 Å². The molecule has 2 aromatic rings. The summed E-state index contributed by atoms with van der Waals surface area (Å²) in [6.45, 7) is 3.83. The summed E-state index contributed by atoms with van der Waals surface area (Å²) in [5.41, 5.74) is 7.71. The third-order valence-electron chi connectivity index (χ3n) is 2.36. The maximum absolute atomic E-state index is 9.15. The molecule has 0 bridgehead atoms. The molecule has 0 unspecified atom stereocenters.